The molecule has 208 valence electrons. The predicted molar refractivity (Wildman–Crippen MR) is 143 cm³/mol. The van der Waals surface area contributed by atoms with E-state index in [2.05, 4.69) is 10.6 Å². The molecular formula is C29H32F3N3O4. The SMILES string of the molecule is CNc1c(C(=O)c2ccc(F)cc2F)ccc(=O)n1-c1c(C)cc(CCN[C@@H](C)C(=O)OC(C)(C)C)cc1F. The number of esters is 1. The number of carbonyl (C=O) groups excluding carboxylic acids is 2. The molecule has 0 saturated heterocycles. The molecule has 0 spiro atoms. The van der Waals surface area contributed by atoms with Crippen molar-refractivity contribution >= 4 is 17.6 Å². The first-order valence-corrected chi connectivity index (χ1v) is 12.4. The summed E-state index contributed by atoms with van der Waals surface area (Å²) >= 11 is 0. The summed E-state index contributed by atoms with van der Waals surface area (Å²) in [5.41, 5.74) is -0.735. The normalized spacial score (nSPS) is 12.2. The highest BCUT2D eigenvalue weighted by molar-refractivity contribution is 6.12. The zero-order valence-corrected chi connectivity index (χ0v) is 22.7. The summed E-state index contributed by atoms with van der Waals surface area (Å²) in [6, 6.07) is 7.29. The minimum absolute atomic E-state index is 0.0428. The predicted octanol–water partition coefficient (Wildman–Crippen LogP) is 4.70. The number of benzene rings is 2. The smallest absolute Gasteiger partial charge is 0.323 e. The van der Waals surface area contributed by atoms with Gasteiger partial charge in [0.1, 0.15) is 34.9 Å². The third-order valence-electron chi connectivity index (χ3n) is 5.91. The van der Waals surface area contributed by atoms with E-state index in [4.69, 9.17) is 4.74 Å². The second-order valence-corrected chi connectivity index (χ2v) is 10.2. The van der Waals surface area contributed by atoms with Gasteiger partial charge in [-0.3, -0.25) is 19.0 Å². The van der Waals surface area contributed by atoms with Crippen LogP contribution in [0.15, 0.2) is 47.3 Å². The first-order valence-electron chi connectivity index (χ1n) is 12.4. The molecule has 0 saturated carbocycles. The molecule has 1 atom stereocenters. The van der Waals surface area contributed by atoms with E-state index in [0.717, 1.165) is 22.8 Å². The van der Waals surface area contributed by atoms with Crippen LogP contribution < -0.4 is 16.2 Å². The molecule has 3 aromatic rings. The minimum atomic E-state index is -1.05. The van der Waals surface area contributed by atoms with Gasteiger partial charge in [-0.15, -0.1) is 0 Å². The fourth-order valence-electron chi connectivity index (χ4n) is 4.15. The van der Waals surface area contributed by atoms with Gasteiger partial charge in [-0.05, 0) is 83.0 Å². The number of rotatable bonds is 9. The number of carbonyl (C=O) groups is 2. The highest BCUT2D eigenvalue weighted by Gasteiger charge is 2.24. The summed E-state index contributed by atoms with van der Waals surface area (Å²) in [5, 5.41) is 5.81. The number of aromatic nitrogens is 1. The van der Waals surface area contributed by atoms with Crippen LogP contribution in [0.4, 0.5) is 19.0 Å². The lowest BCUT2D eigenvalue weighted by molar-refractivity contribution is -0.156. The van der Waals surface area contributed by atoms with Gasteiger partial charge in [0, 0.05) is 19.2 Å². The summed E-state index contributed by atoms with van der Waals surface area (Å²) in [4.78, 5) is 38.2. The first kappa shape index (κ1) is 29.6. The molecule has 1 aromatic heterocycles. The number of aryl methyl sites for hydroxylation is 1. The van der Waals surface area contributed by atoms with Crippen molar-refractivity contribution in [3.63, 3.8) is 0 Å². The quantitative estimate of drug-likeness (QED) is 0.301. The Bertz CT molecular complexity index is 1440. The van der Waals surface area contributed by atoms with Crippen molar-refractivity contribution in [1.29, 1.82) is 0 Å². The third-order valence-corrected chi connectivity index (χ3v) is 5.91. The molecule has 0 fully saturated rings. The number of pyridine rings is 1. The van der Waals surface area contributed by atoms with Crippen molar-refractivity contribution in [2.75, 3.05) is 18.9 Å². The van der Waals surface area contributed by atoms with E-state index in [1.54, 1.807) is 40.7 Å². The van der Waals surface area contributed by atoms with Crippen molar-refractivity contribution in [2.24, 2.45) is 0 Å². The molecule has 0 aliphatic carbocycles. The number of nitrogens with zero attached hydrogens (tertiary/aromatic N) is 1. The molecule has 2 aromatic carbocycles. The maximum Gasteiger partial charge on any atom is 0.323 e. The molecule has 0 aliphatic rings. The Morgan fingerprint density at radius 2 is 1.67 bits per heavy atom. The van der Waals surface area contributed by atoms with Gasteiger partial charge in [0.05, 0.1) is 16.8 Å². The Balaban J connectivity index is 1.91. The van der Waals surface area contributed by atoms with Crippen LogP contribution in [0.1, 0.15) is 54.7 Å². The second-order valence-electron chi connectivity index (χ2n) is 10.2. The minimum Gasteiger partial charge on any atom is -0.459 e. The summed E-state index contributed by atoms with van der Waals surface area (Å²) in [7, 11) is 1.45. The Kier molecular flexibility index (Phi) is 9.01. The average Bonchev–Trinajstić information content (AvgIpc) is 2.83. The Morgan fingerprint density at radius 3 is 2.26 bits per heavy atom. The number of ketones is 1. The Morgan fingerprint density at radius 1 is 1.00 bits per heavy atom. The van der Waals surface area contributed by atoms with E-state index in [-0.39, 0.29) is 17.1 Å². The van der Waals surface area contributed by atoms with Crippen LogP contribution in [0.3, 0.4) is 0 Å². The van der Waals surface area contributed by atoms with Gasteiger partial charge in [-0.25, -0.2) is 13.2 Å². The van der Waals surface area contributed by atoms with Crippen LogP contribution in [-0.4, -0.2) is 41.6 Å². The number of ether oxygens (including phenoxy) is 1. The Labute approximate surface area is 225 Å². The molecule has 0 bridgehead atoms. The molecule has 2 N–H and O–H groups in total. The van der Waals surface area contributed by atoms with Crippen molar-refractivity contribution in [1.82, 2.24) is 9.88 Å². The Hall–Kier alpha value is -3.92. The van der Waals surface area contributed by atoms with E-state index in [0.29, 0.717) is 30.2 Å². The van der Waals surface area contributed by atoms with E-state index < -0.39 is 52.0 Å². The van der Waals surface area contributed by atoms with Crippen molar-refractivity contribution < 1.29 is 27.5 Å². The number of anilines is 1. The zero-order valence-electron chi connectivity index (χ0n) is 22.7. The fourth-order valence-corrected chi connectivity index (χ4v) is 4.15. The molecule has 39 heavy (non-hydrogen) atoms. The molecule has 1 heterocycles. The van der Waals surface area contributed by atoms with Crippen LogP contribution >= 0.6 is 0 Å². The van der Waals surface area contributed by atoms with Gasteiger partial charge in [-0.1, -0.05) is 6.07 Å². The fraction of sp³-hybridized carbons (Fsp3) is 0.345. The van der Waals surface area contributed by atoms with Gasteiger partial charge in [0.25, 0.3) is 5.56 Å². The van der Waals surface area contributed by atoms with Crippen molar-refractivity contribution in [3.05, 3.63) is 92.5 Å². The van der Waals surface area contributed by atoms with E-state index in [9.17, 15) is 23.2 Å². The van der Waals surface area contributed by atoms with Gasteiger partial charge < -0.3 is 15.4 Å². The lowest BCUT2D eigenvalue weighted by atomic mass is 10.0. The second kappa shape index (κ2) is 11.9. The third kappa shape index (κ3) is 6.94. The number of hydrogen-bond donors (Lipinski definition) is 2. The van der Waals surface area contributed by atoms with Crippen molar-refractivity contribution in [2.45, 2.75) is 52.7 Å². The van der Waals surface area contributed by atoms with Gasteiger partial charge >= 0.3 is 5.97 Å². The first-order chi connectivity index (χ1) is 18.2. The van der Waals surface area contributed by atoms with Gasteiger partial charge in [0.2, 0.25) is 0 Å². The van der Waals surface area contributed by atoms with E-state index in [1.807, 2.05) is 0 Å². The van der Waals surface area contributed by atoms with E-state index >= 15 is 4.39 Å². The molecular weight excluding hydrogens is 511 g/mol. The zero-order chi connectivity index (χ0) is 29.1. The lowest BCUT2D eigenvalue weighted by Gasteiger charge is -2.23. The molecule has 0 unspecified atom stereocenters. The van der Waals surface area contributed by atoms with Crippen LogP contribution in [0, 0.1) is 24.4 Å². The topological polar surface area (TPSA) is 89.4 Å². The van der Waals surface area contributed by atoms with Gasteiger partial charge in [-0.2, -0.15) is 0 Å². The summed E-state index contributed by atoms with van der Waals surface area (Å²) in [5.74, 6) is -3.84. The summed E-state index contributed by atoms with van der Waals surface area (Å²) in [6.07, 6.45) is 0.390. The van der Waals surface area contributed by atoms with Crippen LogP contribution in [0.25, 0.3) is 5.69 Å². The van der Waals surface area contributed by atoms with Crippen LogP contribution in [0.2, 0.25) is 0 Å². The molecule has 0 radical (unpaired) electrons. The number of nitrogens with one attached hydrogen (secondary N) is 2. The molecule has 10 heteroatoms. The lowest BCUT2D eigenvalue weighted by Crippen LogP contribution is -2.40. The molecule has 0 aliphatic heterocycles. The summed E-state index contributed by atoms with van der Waals surface area (Å²) < 4.78 is 49.5. The maximum absolute atomic E-state index is 15.5. The summed E-state index contributed by atoms with van der Waals surface area (Å²) in [6.45, 7) is 9.01. The molecule has 7 nitrogen and oxygen atoms in total. The van der Waals surface area contributed by atoms with Gasteiger partial charge in [0.15, 0.2) is 5.78 Å². The van der Waals surface area contributed by atoms with E-state index in [1.165, 1.54) is 19.2 Å². The van der Waals surface area contributed by atoms with Crippen LogP contribution in [0.5, 0.6) is 0 Å². The molecule has 0 amide bonds. The average molecular weight is 544 g/mol. The highest BCUT2D eigenvalue weighted by atomic mass is 19.1. The molecule has 3 rings (SSSR count). The van der Waals surface area contributed by atoms with Crippen molar-refractivity contribution in [3.8, 4) is 5.69 Å². The highest BCUT2D eigenvalue weighted by Crippen LogP contribution is 2.27. The number of halogens is 3. The maximum atomic E-state index is 15.5. The monoisotopic (exact) mass is 543 g/mol. The standard InChI is InChI=1S/C29H32F3N3O4/c1-16-13-18(11-12-34-17(2)28(38)39-29(3,4)5)14-23(32)25(16)35-24(36)10-9-21(27(35)33-6)26(37)20-8-7-19(30)15-22(20)31/h7-10,13-15,17,33-34H,11-12H2,1-6H3/t17-/m0/s1. The van der Waals surface area contributed by atoms with Crippen LogP contribution in [-0.2, 0) is 16.0 Å². The number of hydrogen-bond acceptors (Lipinski definition) is 6. The largest absolute Gasteiger partial charge is 0.459 e.